The van der Waals surface area contributed by atoms with Crippen molar-refractivity contribution >= 4 is 21.8 Å². The highest BCUT2D eigenvalue weighted by atomic mass is 32.2. The second kappa shape index (κ2) is 6.13. The zero-order valence-electron chi connectivity index (χ0n) is 11.7. The molecule has 0 bridgehead atoms. The first kappa shape index (κ1) is 13.9. The standard InChI is InChI=1S/C15H16N4OS/c1-2-3-8-21(20)12-6-4-11(5-7-12)15-18-13-9-16-17-10-14(13)19-15/h4-7,9-10H,2-3,8H2,1H3,(H,18,19). The average molecular weight is 300 g/mol. The Hall–Kier alpha value is -2.08. The van der Waals surface area contributed by atoms with Crippen molar-refractivity contribution < 1.29 is 4.21 Å². The zero-order chi connectivity index (χ0) is 14.7. The Labute approximate surface area is 125 Å². The molecule has 1 N–H and O–H groups in total. The maximum absolute atomic E-state index is 12.1. The lowest BCUT2D eigenvalue weighted by Gasteiger charge is -2.02. The number of hydrogen-bond acceptors (Lipinski definition) is 4. The molecule has 1 aromatic carbocycles. The number of nitrogens with zero attached hydrogens (tertiary/aromatic N) is 3. The summed E-state index contributed by atoms with van der Waals surface area (Å²) in [6, 6.07) is 7.70. The van der Waals surface area contributed by atoms with Gasteiger partial charge in [-0.3, -0.25) is 4.21 Å². The highest BCUT2D eigenvalue weighted by Gasteiger charge is 2.07. The summed E-state index contributed by atoms with van der Waals surface area (Å²) in [5.41, 5.74) is 2.61. The van der Waals surface area contributed by atoms with Gasteiger partial charge in [-0.15, -0.1) is 0 Å². The molecule has 108 valence electrons. The van der Waals surface area contributed by atoms with Crippen molar-refractivity contribution in [3.63, 3.8) is 0 Å². The molecule has 2 aromatic heterocycles. The number of hydrogen-bond donors (Lipinski definition) is 1. The van der Waals surface area contributed by atoms with E-state index >= 15 is 0 Å². The van der Waals surface area contributed by atoms with Gasteiger partial charge in [0, 0.05) is 16.2 Å². The van der Waals surface area contributed by atoms with Crippen LogP contribution in [0.3, 0.4) is 0 Å². The van der Waals surface area contributed by atoms with Gasteiger partial charge in [0.15, 0.2) is 0 Å². The Kier molecular flexibility index (Phi) is 4.06. The molecule has 21 heavy (non-hydrogen) atoms. The Morgan fingerprint density at radius 3 is 2.62 bits per heavy atom. The Morgan fingerprint density at radius 2 is 1.90 bits per heavy atom. The number of rotatable bonds is 5. The van der Waals surface area contributed by atoms with Crippen molar-refractivity contribution in [2.75, 3.05) is 5.75 Å². The Morgan fingerprint density at radius 1 is 1.14 bits per heavy atom. The minimum Gasteiger partial charge on any atom is -0.337 e. The minimum atomic E-state index is -0.913. The van der Waals surface area contributed by atoms with Crippen LogP contribution in [0.4, 0.5) is 0 Å². The lowest BCUT2D eigenvalue weighted by Crippen LogP contribution is -1.97. The van der Waals surface area contributed by atoms with Crippen LogP contribution in [0.25, 0.3) is 22.4 Å². The van der Waals surface area contributed by atoms with E-state index in [4.69, 9.17) is 0 Å². The predicted octanol–water partition coefficient (Wildman–Crippen LogP) is 2.93. The van der Waals surface area contributed by atoms with Gasteiger partial charge in [0.2, 0.25) is 0 Å². The third-order valence-electron chi connectivity index (χ3n) is 3.27. The highest BCUT2D eigenvalue weighted by Crippen LogP contribution is 2.21. The van der Waals surface area contributed by atoms with Gasteiger partial charge in [-0.2, -0.15) is 10.2 Å². The fraction of sp³-hybridized carbons (Fsp3) is 0.267. The van der Waals surface area contributed by atoms with Crippen LogP contribution >= 0.6 is 0 Å². The van der Waals surface area contributed by atoms with Gasteiger partial charge in [-0.05, 0) is 18.6 Å². The molecule has 0 radical (unpaired) electrons. The third-order valence-corrected chi connectivity index (χ3v) is 4.73. The van der Waals surface area contributed by atoms with Crippen molar-refractivity contribution in [3.05, 3.63) is 36.7 Å². The van der Waals surface area contributed by atoms with Crippen LogP contribution in [0, 0.1) is 0 Å². The van der Waals surface area contributed by atoms with Gasteiger partial charge >= 0.3 is 0 Å². The average Bonchev–Trinajstić information content (AvgIpc) is 2.96. The molecule has 0 saturated carbocycles. The van der Waals surface area contributed by atoms with Gasteiger partial charge in [-0.1, -0.05) is 25.5 Å². The maximum atomic E-state index is 12.1. The normalized spacial score (nSPS) is 12.6. The molecular formula is C15H16N4OS. The third kappa shape index (κ3) is 3.00. The van der Waals surface area contributed by atoms with Crippen LogP contribution in [-0.4, -0.2) is 30.1 Å². The highest BCUT2D eigenvalue weighted by molar-refractivity contribution is 7.85. The maximum Gasteiger partial charge on any atom is 0.138 e. The fourth-order valence-electron chi connectivity index (χ4n) is 2.07. The van der Waals surface area contributed by atoms with E-state index in [1.807, 2.05) is 24.3 Å². The second-order valence-corrected chi connectivity index (χ2v) is 6.37. The van der Waals surface area contributed by atoms with E-state index in [1.54, 1.807) is 12.4 Å². The summed E-state index contributed by atoms with van der Waals surface area (Å²) in [6.07, 6.45) is 5.33. The molecule has 5 nitrogen and oxygen atoms in total. The summed E-state index contributed by atoms with van der Waals surface area (Å²) in [6.45, 7) is 2.10. The zero-order valence-corrected chi connectivity index (χ0v) is 12.6. The number of nitrogens with one attached hydrogen (secondary N) is 1. The summed E-state index contributed by atoms with van der Waals surface area (Å²) >= 11 is 0. The van der Waals surface area contributed by atoms with Crippen LogP contribution in [0.15, 0.2) is 41.6 Å². The molecule has 0 aliphatic heterocycles. The largest absolute Gasteiger partial charge is 0.337 e. The summed E-state index contributed by atoms with van der Waals surface area (Å²) < 4.78 is 12.1. The lowest BCUT2D eigenvalue weighted by atomic mass is 10.2. The minimum absolute atomic E-state index is 0.720. The lowest BCUT2D eigenvalue weighted by molar-refractivity contribution is 0.679. The number of benzene rings is 1. The summed E-state index contributed by atoms with van der Waals surface area (Å²) in [4.78, 5) is 8.55. The van der Waals surface area contributed by atoms with E-state index < -0.39 is 10.8 Å². The van der Waals surface area contributed by atoms with Crippen LogP contribution in [-0.2, 0) is 10.8 Å². The summed E-state index contributed by atoms with van der Waals surface area (Å²) in [5.74, 6) is 1.49. The summed E-state index contributed by atoms with van der Waals surface area (Å²) in [5, 5.41) is 7.64. The van der Waals surface area contributed by atoms with Gasteiger partial charge in [0.1, 0.15) is 11.3 Å². The smallest absolute Gasteiger partial charge is 0.138 e. The molecule has 6 heteroatoms. The predicted molar refractivity (Wildman–Crippen MR) is 83.3 cm³/mol. The Bertz CT molecular complexity index is 734. The number of unbranched alkanes of at least 4 members (excludes halogenated alkanes) is 1. The quantitative estimate of drug-likeness (QED) is 0.786. The van der Waals surface area contributed by atoms with E-state index in [0.29, 0.717) is 0 Å². The van der Waals surface area contributed by atoms with Gasteiger partial charge < -0.3 is 4.98 Å². The molecule has 0 aliphatic rings. The molecular weight excluding hydrogens is 284 g/mol. The molecule has 2 heterocycles. The first-order chi connectivity index (χ1) is 10.3. The van der Waals surface area contributed by atoms with E-state index in [9.17, 15) is 4.21 Å². The number of fused-ring (bicyclic) bond motifs is 1. The van der Waals surface area contributed by atoms with E-state index in [-0.39, 0.29) is 0 Å². The number of H-pyrrole nitrogens is 1. The summed E-state index contributed by atoms with van der Waals surface area (Å²) in [7, 11) is -0.913. The molecule has 0 fully saturated rings. The topological polar surface area (TPSA) is 71.5 Å². The molecule has 0 aliphatic carbocycles. The van der Waals surface area contributed by atoms with Crippen molar-refractivity contribution in [2.24, 2.45) is 0 Å². The van der Waals surface area contributed by atoms with E-state index in [1.165, 1.54) is 0 Å². The second-order valence-electron chi connectivity index (χ2n) is 4.80. The number of imidazole rings is 1. The molecule has 0 amide bonds. The van der Waals surface area contributed by atoms with Gasteiger partial charge in [0.05, 0.1) is 28.7 Å². The number of aromatic nitrogens is 4. The monoisotopic (exact) mass is 300 g/mol. The number of aromatic amines is 1. The first-order valence-electron chi connectivity index (χ1n) is 6.93. The fourth-order valence-corrected chi connectivity index (χ4v) is 3.30. The Balaban J connectivity index is 1.85. The van der Waals surface area contributed by atoms with Crippen molar-refractivity contribution in [1.82, 2.24) is 20.2 Å². The van der Waals surface area contributed by atoms with Crippen LogP contribution < -0.4 is 0 Å². The first-order valence-corrected chi connectivity index (χ1v) is 8.25. The molecule has 3 rings (SSSR count). The van der Waals surface area contributed by atoms with E-state index in [0.717, 1.165) is 45.9 Å². The molecule has 1 atom stereocenters. The molecule has 3 aromatic rings. The van der Waals surface area contributed by atoms with Crippen molar-refractivity contribution in [1.29, 1.82) is 0 Å². The van der Waals surface area contributed by atoms with E-state index in [2.05, 4.69) is 27.1 Å². The van der Waals surface area contributed by atoms with Crippen LogP contribution in [0.1, 0.15) is 19.8 Å². The molecule has 0 saturated heterocycles. The molecule has 0 spiro atoms. The van der Waals surface area contributed by atoms with Gasteiger partial charge in [0.25, 0.3) is 0 Å². The molecule has 1 unspecified atom stereocenters. The SMILES string of the molecule is CCCCS(=O)c1ccc(-c2nc3cnncc3[nH]2)cc1. The van der Waals surface area contributed by atoms with Crippen LogP contribution in [0.5, 0.6) is 0 Å². The van der Waals surface area contributed by atoms with Crippen molar-refractivity contribution in [3.8, 4) is 11.4 Å². The van der Waals surface area contributed by atoms with Crippen LogP contribution in [0.2, 0.25) is 0 Å². The van der Waals surface area contributed by atoms with Crippen molar-refractivity contribution in [2.45, 2.75) is 24.7 Å². The van der Waals surface area contributed by atoms with Gasteiger partial charge in [-0.25, -0.2) is 4.98 Å².